The Morgan fingerprint density at radius 2 is 2.33 bits per heavy atom. The van der Waals surface area contributed by atoms with Crippen LogP contribution in [-0.2, 0) is 0 Å². The van der Waals surface area contributed by atoms with Crippen molar-refractivity contribution >= 4 is 39.2 Å². The second-order valence-electron chi connectivity index (χ2n) is 4.29. The fourth-order valence-electron chi connectivity index (χ4n) is 2.05. The van der Waals surface area contributed by atoms with Gasteiger partial charge in [0.2, 0.25) is 0 Å². The van der Waals surface area contributed by atoms with Crippen LogP contribution in [0, 0.1) is 11.2 Å². The standard InChI is InChI=1S/C12H15BrFN3S/c1-7-6-18-5-4-17(7)9-3-2-8(12(15)16)10(13)11(9)14/h2-3,7H,4-6H2,1H3,(H3,15,16). The Hall–Kier alpha value is -0.750. The zero-order valence-electron chi connectivity index (χ0n) is 10.0. The van der Waals surface area contributed by atoms with Crippen molar-refractivity contribution in [2.45, 2.75) is 13.0 Å². The molecular weight excluding hydrogens is 317 g/mol. The van der Waals surface area contributed by atoms with E-state index in [4.69, 9.17) is 11.1 Å². The zero-order valence-corrected chi connectivity index (χ0v) is 12.4. The van der Waals surface area contributed by atoms with Crippen LogP contribution in [0.25, 0.3) is 0 Å². The maximum Gasteiger partial charge on any atom is 0.161 e. The number of nitrogens with one attached hydrogen (secondary N) is 1. The molecule has 1 heterocycles. The number of nitrogens with zero attached hydrogens (tertiary/aromatic N) is 1. The first-order chi connectivity index (χ1) is 8.52. The number of hydrogen-bond donors (Lipinski definition) is 2. The van der Waals surface area contributed by atoms with Gasteiger partial charge in [0.05, 0.1) is 10.2 Å². The van der Waals surface area contributed by atoms with Gasteiger partial charge in [-0.1, -0.05) is 0 Å². The Kier molecular flexibility index (Phi) is 4.17. The third-order valence-corrected chi connectivity index (χ3v) is 4.99. The summed E-state index contributed by atoms with van der Waals surface area (Å²) in [5.41, 5.74) is 6.39. The number of nitrogen functional groups attached to an aromatic ring is 1. The molecular formula is C12H15BrFN3S. The topological polar surface area (TPSA) is 53.1 Å². The predicted octanol–water partition coefficient (Wildman–Crippen LogP) is 2.81. The van der Waals surface area contributed by atoms with Gasteiger partial charge in [0.15, 0.2) is 5.82 Å². The molecule has 1 saturated heterocycles. The summed E-state index contributed by atoms with van der Waals surface area (Å²) in [7, 11) is 0. The molecule has 0 aromatic heterocycles. The molecule has 0 amide bonds. The van der Waals surface area contributed by atoms with Crippen molar-refractivity contribution in [2.75, 3.05) is 23.0 Å². The van der Waals surface area contributed by atoms with E-state index in [1.807, 2.05) is 11.8 Å². The van der Waals surface area contributed by atoms with Crippen LogP contribution >= 0.6 is 27.7 Å². The highest BCUT2D eigenvalue weighted by atomic mass is 79.9. The molecule has 1 aromatic rings. The summed E-state index contributed by atoms with van der Waals surface area (Å²) in [6.07, 6.45) is 0. The van der Waals surface area contributed by atoms with Crippen molar-refractivity contribution in [2.24, 2.45) is 5.73 Å². The maximum absolute atomic E-state index is 14.3. The van der Waals surface area contributed by atoms with E-state index in [2.05, 4.69) is 27.8 Å². The highest BCUT2D eigenvalue weighted by molar-refractivity contribution is 9.10. The second-order valence-corrected chi connectivity index (χ2v) is 6.23. The van der Waals surface area contributed by atoms with Crippen molar-refractivity contribution in [3.63, 3.8) is 0 Å². The third-order valence-electron chi connectivity index (χ3n) is 3.03. The summed E-state index contributed by atoms with van der Waals surface area (Å²) in [6.45, 7) is 2.94. The number of hydrogen-bond acceptors (Lipinski definition) is 3. The summed E-state index contributed by atoms with van der Waals surface area (Å²) < 4.78 is 14.6. The lowest BCUT2D eigenvalue weighted by Crippen LogP contribution is -2.41. The van der Waals surface area contributed by atoms with Crippen LogP contribution in [0.3, 0.4) is 0 Å². The molecule has 1 aliphatic rings. The van der Waals surface area contributed by atoms with Crippen LogP contribution in [-0.4, -0.2) is 29.9 Å². The molecule has 0 radical (unpaired) electrons. The average molecular weight is 332 g/mol. The van der Waals surface area contributed by atoms with Gasteiger partial charge in [-0.05, 0) is 35.0 Å². The van der Waals surface area contributed by atoms with Crippen LogP contribution in [0.5, 0.6) is 0 Å². The quantitative estimate of drug-likeness (QED) is 0.647. The minimum Gasteiger partial charge on any atom is -0.384 e. The van der Waals surface area contributed by atoms with Gasteiger partial charge >= 0.3 is 0 Å². The summed E-state index contributed by atoms with van der Waals surface area (Å²) in [4.78, 5) is 2.07. The molecule has 0 spiro atoms. The molecule has 1 atom stereocenters. The first-order valence-corrected chi connectivity index (χ1v) is 7.64. The van der Waals surface area contributed by atoms with Crippen LogP contribution in [0.15, 0.2) is 16.6 Å². The molecule has 6 heteroatoms. The molecule has 3 N–H and O–H groups in total. The minimum absolute atomic E-state index is 0.130. The minimum atomic E-state index is -0.332. The lowest BCUT2D eigenvalue weighted by atomic mass is 10.1. The van der Waals surface area contributed by atoms with Crippen LogP contribution in [0.1, 0.15) is 12.5 Å². The molecule has 1 aromatic carbocycles. The number of anilines is 1. The van der Waals surface area contributed by atoms with Gasteiger partial charge in [-0.2, -0.15) is 11.8 Å². The number of halogens is 2. The summed E-state index contributed by atoms with van der Waals surface area (Å²) in [5, 5.41) is 7.39. The number of rotatable bonds is 2. The van der Waals surface area contributed by atoms with Gasteiger partial charge in [-0.15, -0.1) is 0 Å². The number of benzene rings is 1. The predicted molar refractivity (Wildman–Crippen MR) is 79.2 cm³/mol. The van der Waals surface area contributed by atoms with Gasteiger partial charge in [0.1, 0.15) is 5.84 Å². The van der Waals surface area contributed by atoms with E-state index in [0.717, 1.165) is 18.1 Å². The largest absolute Gasteiger partial charge is 0.384 e. The van der Waals surface area contributed by atoms with Crippen molar-refractivity contribution in [1.29, 1.82) is 5.41 Å². The van der Waals surface area contributed by atoms with Gasteiger partial charge in [-0.3, -0.25) is 5.41 Å². The summed E-state index contributed by atoms with van der Waals surface area (Å²) >= 11 is 5.08. The van der Waals surface area contributed by atoms with Crippen LogP contribution in [0.2, 0.25) is 0 Å². The number of thioether (sulfide) groups is 1. The van der Waals surface area contributed by atoms with Crippen molar-refractivity contribution in [3.05, 3.63) is 28.0 Å². The van der Waals surface area contributed by atoms with Crippen molar-refractivity contribution in [1.82, 2.24) is 0 Å². The lowest BCUT2D eigenvalue weighted by Gasteiger charge is -2.35. The summed E-state index contributed by atoms with van der Waals surface area (Å²) in [5.74, 6) is 1.55. The van der Waals surface area contributed by atoms with Gasteiger partial charge in [0.25, 0.3) is 0 Å². The van der Waals surface area contributed by atoms with Gasteiger partial charge < -0.3 is 10.6 Å². The Morgan fingerprint density at radius 3 is 2.94 bits per heavy atom. The second kappa shape index (κ2) is 5.48. The Morgan fingerprint density at radius 1 is 1.61 bits per heavy atom. The number of amidine groups is 1. The average Bonchev–Trinajstić information content (AvgIpc) is 2.33. The fourth-order valence-corrected chi connectivity index (χ4v) is 3.62. The van der Waals surface area contributed by atoms with E-state index >= 15 is 0 Å². The van der Waals surface area contributed by atoms with E-state index in [1.165, 1.54) is 0 Å². The Bertz CT molecular complexity index is 481. The maximum atomic E-state index is 14.3. The fraction of sp³-hybridized carbons (Fsp3) is 0.417. The summed E-state index contributed by atoms with van der Waals surface area (Å²) in [6, 6.07) is 3.72. The van der Waals surface area contributed by atoms with Crippen LogP contribution < -0.4 is 10.6 Å². The lowest BCUT2D eigenvalue weighted by molar-refractivity contribution is 0.598. The Labute approximate surface area is 119 Å². The highest BCUT2D eigenvalue weighted by Crippen LogP contribution is 2.32. The molecule has 18 heavy (non-hydrogen) atoms. The van der Waals surface area contributed by atoms with Crippen molar-refractivity contribution < 1.29 is 4.39 Å². The third kappa shape index (κ3) is 2.49. The molecule has 1 fully saturated rings. The van der Waals surface area contributed by atoms with Crippen LogP contribution in [0.4, 0.5) is 10.1 Å². The number of nitrogens with two attached hydrogens (primary N) is 1. The molecule has 0 bridgehead atoms. The first-order valence-electron chi connectivity index (χ1n) is 5.69. The van der Waals surface area contributed by atoms with Crippen molar-refractivity contribution in [3.8, 4) is 0 Å². The van der Waals surface area contributed by atoms with E-state index in [-0.39, 0.29) is 16.1 Å². The van der Waals surface area contributed by atoms with E-state index in [1.54, 1.807) is 12.1 Å². The monoisotopic (exact) mass is 331 g/mol. The normalized spacial score (nSPS) is 19.9. The first kappa shape index (κ1) is 13.7. The molecule has 2 rings (SSSR count). The van der Waals surface area contributed by atoms with E-state index in [0.29, 0.717) is 17.3 Å². The molecule has 0 saturated carbocycles. The van der Waals surface area contributed by atoms with E-state index in [9.17, 15) is 4.39 Å². The van der Waals surface area contributed by atoms with Gasteiger partial charge in [0, 0.05) is 29.7 Å². The molecule has 1 aliphatic heterocycles. The molecule has 1 unspecified atom stereocenters. The SMILES string of the molecule is CC1CSCCN1c1ccc(C(=N)N)c(Br)c1F. The van der Waals surface area contributed by atoms with E-state index < -0.39 is 0 Å². The smallest absolute Gasteiger partial charge is 0.161 e. The molecule has 3 nitrogen and oxygen atoms in total. The highest BCUT2D eigenvalue weighted by Gasteiger charge is 2.23. The molecule has 0 aliphatic carbocycles. The molecule has 98 valence electrons. The Balaban J connectivity index is 2.40. The van der Waals surface area contributed by atoms with Gasteiger partial charge in [-0.25, -0.2) is 4.39 Å². The zero-order chi connectivity index (χ0) is 13.3.